The van der Waals surface area contributed by atoms with Crippen molar-refractivity contribution in [2.45, 2.75) is 53.6 Å². The van der Waals surface area contributed by atoms with Crippen LogP contribution in [0.3, 0.4) is 0 Å². The Morgan fingerprint density at radius 2 is 1.91 bits per heavy atom. The van der Waals surface area contributed by atoms with Gasteiger partial charge in [-0.25, -0.2) is 0 Å². The van der Waals surface area contributed by atoms with E-state index in [0.717, 1.165) is 42.9 Å². The summed E-state index contributed by atoms with van der Waals surface area (Å²) in [4.78, 5) is 13.3. The van der Waals surface area contributed by atoms with E-state index in [1.807, 2.05) is 6.92 Å². The predicted octanol–water partition coefficient (Wildman–Crippen LogP) is 5.60. The number of likely N-dealkylation sites (tertiary alicyclic amines) is 1. The number of carboxylic acids is 1. The molecule has 2 aromatic carbocycles. The molecular weight excluding hydrogens is 426 g/mol. The summed E-state index contributed by atoms with van der Waals surface area (Å²) in [7, 11) is 0. The molecule has 0 saturated carbocycles. The molecule has 182 valence electrons. The molecule has 0 spiro atoms. The molecule has 0 aromatic heterocycles. The van der Waals surface area contributed by atoms with Gasteiger partial charge in [0.05, 0.1) is 12.5 Å². The Balaban J connectivity index is 1.41. The lowest BCUT2D eigenvalue weighted by Gasteiger charge is -2.38. The van der Waals surface area contributed by atoms with Crippen LogP contribution in [0.5, 0.6) is 11.5 Å². The van der Waals surface area contributed by atoms with Crippen LogP contribution in [-0.4, -0.2) is 42.2 Å². The highest BCUT2D eigenvalue weighted by molar-refractivity contribution is 5.73. The number of aliphatic carboxylic acids is 1. The number of hydrogen-bond donors (Lipinski definition) is 1. The van der Waals surface area contributed by atoms with Crippen molar-refractivity contribution in [2.24, 2.45) is 11.8 Å². The number of carbonyl (C=O) groups is 1. The molecule has 1 saturated heterocycles. The van der Waals surface area contributed by atoms with Gasteiger partial charge in [0.15, 0.2) is 0 Å². The highest BCUT2D eigenvalue weighted by atomic mass is 16.5. The molecule has 4 rings (SSSR count). The van der Waals surface area contributed by atoms with Crippen molar-refractivity contribution in [2.75, 3.05) is 26.2 Å². The first-order chi connectivity index (χ1) is 16.3. The molecule has 1 N–H and O–H groups in total. The van der Waals surface area contributed by atoms with E-state index in [0.29, 0.717) is 32.2 Å². The fourth-order valence-corrected chi connectivity index (χ4v) is 4.99. The molecule has 1 aliphatic carbocycles. The number of benzene rings is 2. The molecule has 2 aromatic rings. The molecule has 0 atom stereocenters. The Kier molecular flexibility index (Phi) is 7.62. The smallest absolute Gasteiger partial charge is 0.309 e. The maximum absolute atomic E-state index is 11.1. The molecule has 34 heavy (non-hydrogen) atoms. The molecule has 2 aliphatic rings. The summed E-state index contributed by atoms with van der Waals surface area (Å²) in [6.45, 7) is 12.0. The SMILES string of the molecule is CCOc1cc(CC(C)C)ccc1COc1ccc2c(c1)CCC(CN1CC(C(=O)O)C1)=C2C. The zero-order valence-electron chi connectivity index (χ0n) is 20.9. The molecule has 1 aliphatic heterocycles. The third-order valence-electron chi connectivity index (χ3n) is 6.90. The fourth-order valence-electron chi connectivity index (χ4n) is 4.99. The molecule has 5 nitrogen and oxygen atoms in total. The highest BCUT2D eigenvalue weighted by Crippen LogP contribution is 2.35. The molecular formula is C29H37NO4. The van der Waals surface area contributed by atoms with Crippen LogP contribution in [0.15, 0.2) is 42.0 Å². The third-order valence-corrected chi connectivity index (χ3v) is 6.90. The van der Waals surface area contributed by atoms with Gasteiger partial charge in [0.2, 0.25) is 0 Å². The molecule has 1 heterocycles. The molecule has 0 bridgehead atoms. The number of ether oxygens (including phenoxy) is 2. The van der Waals surface area contributed by atoms with Gasteiger partial charge in [-0.1, -0.05) is 37.6 Å². The van der Waals surface area contributed by atoms with Crippen LogP contribution in [0.25, 0.3) is 5.57 Å². The van der Waals surface area contributed by atoms with E-state index >= 15 is 0 Å². The fraction of sp³-hybridized carbons (Fsp3) is 0.483. The Morgan fingerprint density at radius 3 is 2.62 bits per heavy atom. The minimum Gasteiger partial charge on any atom is -0.493 e. The van der Waals surface area contributed by atoms with Crippen LogP contribution in [0, 0.1) is 11.8 Å². The molecule has 0 unspecified atom stereocenters. The van der Waals surface area contributed by atoms with Gasteiger partial charge >= 0.3 is 5.97 Å². The average molecular weight is 464 g/mol. The van der Waals surface area contributed by atoms with E-state index in [1.54, 1.807) is 0 Å². The second kappa shape index (κ2) is 10.6. The summed E-state index contributed by atoms with van der Waals surface area (Å²) in [5.74, 6) is 1.53. The summed E-state index contributed by atoms with van der Waals surface area (Å²) in [5, 5.41) is 9.11. The monoisotopic (exact) mass is 463 g/mol. The van der Waals surface area contributed by atoms with Gasteiger partial charge in [-0.05, 0) is 79.5 Å². The van der Waals surface area contributed by atoms with Gasteiger partial charge in [-0.3, -0.25) is 9.69 Å². The maximum atomic E-state index is 11.1. The Labute approximate surface area is 203 Å². The van der Waals surface area contributed by atoms with Crippen LogP contribution < -0.4 is 9.47 Å². The third kappa shape index (κ3) is 5.64. The van der Waals surface area contributed by atoms with E-state index < -0.39 is 5.97 Å². The van der Waals surface area contributed by atoms with E-state index in [1.165, 1.54) is 27.8 Å². The van der Waals surface area contributed by atoms with Gasteiger partial charge in [-0.15, -0.1) is 0 Å². The standard InChI is InChI=1S/C29H37NO4/c1-5-33-28-13-21(12-19(2)3)6-7-24(28)18-34-26-10-11-27-20(4)23(9-8-22(27)14-26)15-30-16-25(17-30)29(31)32/h6-7,10-11,13-14,19,25H,5,8-9,12,15-18H2,1-4H3,(H,31,32). The van der Waals surface area contributed by atoms with E-state index in [4.69, 9.17) is 14.6 Å². The lowest BCUT2D eigenvalue weighted by Crippen LogP contribution is -2.50. The van der Waals surface area contributed by atoms with Gasteiger partial charge in [0.25, 0.3) is 0 Å². The van der Waals surface area contributed by atoms with Crippen molar-refractivity contribution in [1.82, 2.24) is 4.90 Å². The maximum Gasteiger partial charge on any atom is 0.309 e. The summed E-state index contributed by atoms with van der Waals surface area (Å²) in [6.07, 6.45) is 3.05. The number of allylic oxidation sites excluding steroid dienone is 1. The zero-order chi connectivity index (χ0) is 24.2. The second-order valence-electron chi connectivity index (χ2n) is 10.0. The molecule has 5 heteroatoms. The quantitative estimate of drug-likeness (QED) is 0.497. The number of carboxylic acid groups (broad SMARTS) is 1. The molecule has 1 fully saturated rings. The lowest BCUT2D eigenvalue weighted by atomic mass is 9.85. The van der Waals surface area contributed by atoms with E-state index in [-0.39, 0.29) is 5.92 Å². The molecule has 0 radical (unpaired) electrons. The van der Waals surface area contributed by atoms with Crippen LogP contribution in [0.4, 0.5) is 0 Å². The number of hydrogen-bond acceptors (Lipinski definition) is 4. The number of aryl methyl sites for hydroxylation is 1. The number of rotatable bonds is 10. The molecule has 0 amide bonds. The topological polar surface area (TPSA) is 59.0 Å². The minimum absolute atomic E-state index is 0.203. The summed E-state index contributed by atoms with van der Waals surface area (Å²) < 4.78 is 12.1. The summed E-state index contributed by atoms with van der Waals surface area (Å²) >= 11 is 0. The minimum atomic E-state index is -0.677. The summed E-state index contributed by atoms with van der Waals surface area (Å²) in [5.41, 5.74) is 7.73. The normalized spacial score (nSPS) is 16.4. The second-order valence-corrected chi connectivity index (χ2v) is 10.0. The Bertz CT molecular complexity index is 1070. The predicted molar refractivity (Wildman–Crippen MR) is 135 cm³/mol. The van der Waals surface area contributed by atoms with Crippen LogP contribution in [-0.2, 0) is 24.2 Å². The lowest BCUT2D eigenvalue weighted by molar-refractivity contribution is -0.147. The van der Waals surface area contributed by atoms with Gasteiger partial charge in [0, 0.05) is 25.2 Å². The van der Waals surface area contributed by atoms with Crippen molar-refractivity contribution < 1.29 is 19.4 Å². The van der Waals surface area contributed by atoms with Crippen molar-refractivity contribution in [3.05, 3.63) is 64.2 Å². The van der Waals surface area contributed by atoms with Gasteiger partial charge in [0.1, 0.15) is 18.1 Å². The Hall–Kier alpha value is -2.79. The first kappa shape index (κ1) is 24.3. The van der Waals surface area contributed by atoms with Crippen LogP contribution in [0.2, 0.25) is 0 Å². The number of fused-ring (bicyclic) bond motifs is 1. The first-order valence-corrected chi connectivity index (χ1v) is 12.5. The van der Waals surface area contributed by atoms with Crippen molar-refractivity contribution >= 4 is 11.5 Å². The Morgan fingerprint density at radius 1 is 1.12 bits per heavy atom. The summed E-state index contributed by atoms with van der Waals surface area (Å²) in [6, 6.07) is 12.9. The zero-order valence-corrected chi connectivity index (χ0v) is 20.9. The van der Waals surface area contributed by atoms with Gasteiger partial charge in [-0.2, -0.15) is 0 Å². The van der Waals surface area contributed by atoms with Crippen molar-refractivity contribution in [3.8, 4) is 11.5 Å². The van der Waals surface area contributed by atoms with Crippen LogP contribution >= 0.6 is 0 Å². The van der Waals surface area contributed by atoms with E-state index in [2.05, 4.69) is 62.1 Å². The average Bonchev–Trinajstić information content (AvgIpc) is 2.76. The first-order valence-electron chi connectivity index (χ1n) is 12.5. The number of nitrogens with zero attached hydrogens (tertiary/aromatic N) is 1. The van der Waals surface area contributed by atoms with Crippen LogP contribution in [0.1, 0.15) is 56.4 Å². The largest absolute Gasteiger partial charge is 0.493 e. The van der Waals surface area contributed by atoms with E-state index in [9.17, 15) is 4.79 Å². The highest BCUT2D eigenvalue weighted by Gasteiger charge is 2.33. The van der Waals surface area contributed by atoms with Gasteiger partial charge < -0.3 is 14.6 Å². The van der Waals surface area contributed by atoms with Crippen molar-refractivity contribution in [1.29, 1.82) is 0 Å². The van der Waals surface area contributed by atoms with Crippen molar-refractivity contribution in [3.63, 3.8) is 0 Å².